The monoisotopic (exact) mass is 200 g/mol. The number of para-hydroxylation sites is 1. The van der Waals surface area contributed by atoms with E-state index < -0.39 is 5.91 Å². The van der Waals surface area contributed by atoms with E-state index in [1.54, 1.807) is 24.3 Å². The first-order valence-electron chi connectivity index (χ1n) is 4.27. The van der Waals surface area contributed by atoms with Gasteiger partial charge in [-0.2, -0.15) is 4.99 Å². The van der Waals surface area contributed by atoms with Crippen molar-refractivity contribution in [1.82, 2.24) is 0 Å². The first kappa shape index (κ1) is 9.26. The normalized spacial score (nSPS) is 15.3. The van der Waals surface area contributed by atoms with Crippen LogP contribution in [0.25, 0.3) is 0 Å². The van der Waals surface area contributed by atoms with Crippen LogP contribution in [-0.2, 0) is 4.79 Å². The molecule has 0 unspecified atom stereocenters. The molecule has 1 aromatic carbocycles. The molecule has 1 aliphatic heterocycles. The van der Waals surface area contributed by atoms with Crippen LogP contribution in [0.3, 0.4) is 0 Å². The predicted molar refractivity (Wildman–Crippen MR) is 56.4 cm³/mol. The number of amides is 1. The molecular formula is C10H8N4O. The lowest BCUT2D eigenvalue weighted by molar-refractivity contribution is -0.114. The van der Waals surface area contributed by atoms with E-state index in [1.807, 2.05) is 0 Å². The molecule has 1 amide bonds. The average molecular weight is 200 g/mol. The largest absolute Gasteiger partial charge is 0.398 e. The summed E-state index contributed by atoms with van der Waals surface area (Å²) < 4.78 is 0. The molecule has 2 N–H and O–H groups in total. The fourth-order valence-electron chi connectivity index (χ4n) is 1.15. The molecule has 0 aliphatic carbocycles. The minimum atomic E-state index is -0.483. The van der Waals surface area contributed by atoms with Crippen LogP contribution in [0.5, 0.6) is 0 Å². The Hall–Kier alpha value is -2.30. The lowest BCUT2D eigenvalue weighted by Crippen LogP contribution is -2.10. The number of benzene rings is 1. The van der Waals surface area contributed by atoms with Gasteiger partial charge in [0.15, 0.2) is 5.84 Å². The second-order valence-electron chi connectivity index (χ2n) is 2.97. The molecule has 1 heterocycles. The summed E-state index contributed by atoms with van der Waals surface area (Å²) in [5.41, 5.74) is 6.86. The summed E-state index contributed by atoms with van der Waals surface area (Å²) in [6.45, 7) is 3.40. The lowest BCUT2D eigenvalue weighted by atomic mass is 10.1. The Morgan fingerprint density at radius 2 is 1.93 bits per heavy atom. The molecule has 2 rings (SSSR count). The Kier molecular flexibility index (Phi) is 2.13. The number of aliphatic imine (C=N–C) groups is 1. The van der Waals surface area contributed by atoms with Crippen LogP contribution in [0.1, 0.15) is 5.56 Å². The number of nitrogen functional groups attached to an aromatic ring is 1. The number of nitrogens with zero attached hydrogens (tertiary/aromatic N) is 3. The van der Waals surface area contributed by atoms with Gasteiger partial charge in [0.2, 0.25) is 0 Å². The van der Waals surface area contributed by atoms with Gasteiger partial charge in [-0.1, -0.05) is 18.7 Å². The molecule has 0 saturated heterocycles. The zero-order valence-electron chi connectivity index (χ0n) is 7.84. The molecule has 0 atom stereocenters. The van der Waals surface area contributed by atoms with Crippen LogP contribution >= 0.6 is 0 Å². The first-order valence-corrected chi connectivity index (χ1v) is 4.27. The van der Waals surface area contributed by atoms with E-state index in [1.165, 1.54) is 0 Å². The van der Waals surface area contributed by atoms with Gasteiger partial charge in [-0.25, -0.2) is 0 Å². The summed E-state index contributed by atoms with van der Waals surface area (Å²) in [7, 11) is 0. The highest BCUT2D eigenvalue weighted by atomic mass is 16.1. The van der Waals surface area contributed by atoms with Crippen molar-refractivity contribution in [2.75, 3.05) is 5.73 Å². The summed E-state index contributed by atoms with van der Waals surface area (Å²) in [5.74, 6) is -0.256. The summed E-state index contributed by atoms with van der Waals surface area (Å²) in [6, 6.07) is 7.02. The van der Waals surface area contributed by atoms with Gasteiger partial charge in [-0.05, 0) is 12.1 Å². The molecule has 1 aromatic rings. The van der Waals surface area contributed by atoms with Gasteiger partial charge in [0, 0.05) is 11.3 Å². The van der Waals surface area contributed by atoms with Crippen molar-refractivity contribution < 1.29 is 4.79 Å². The van der Waals surface area contributed by atoms with E-state index in [0.717, 1.165) is 0 Å². The number of nitrogens with two attached hydrogens (primary N) is 1. The molecule has 0 saturated carbocycles. The van der Waals surface area contributed by atoms with Gasteiger partial charge in [0.05, 0.1) is 0 Å². The highest BCUT2D eigenvalue weighted by Gasteiger charge is 2.15. The van der Waals surface area contributed by atoms with Crippen molar-refractivity contribution in [1.29, 1.82) is 0 Å². The highest BCUT2D eigenvalue weighted by molar-refractivity contribution is 6.12. The van der Waals surface area contributed by atoms with Crippen molar-refractivity contribution in [2.45, 2.75) is 0 Å². The van der Waals surface area contributed by atoms with Gasteiger partial charge in [-0.3, -0.25) is 4.79 Å². The Bertz CT molecular complexity index is 502. The molecular weight excluding hydrogens is 192 g/mol. The standard InChI is InChI=1S/C10H8N4O/c1-6-10(15)12-9(14-13-6)7-4-2-3-5-8(7)11/h2-5H,1,11H2. The molecule has 0 fully saturated rings. The number of anilines is 1. The molecule has 0 spiro atoms. The maximum Gasteiger partial charge on any atom is 0.298 e. The molecule has 0 bridgehead atoms. The van der Waals surface area contributed by atoms with Gasteiger partial charge < -0.3 is 5.73 Å². The second-order valence-corrected chi connectivity index (χ2v) is 2.97. The van der Waals surface area contributed by atoms with Crippen molar-refractivity contribution >= 4 is 17.4 Å². The molecule has 74 valence electrons. The molecule has 0 aromatic heterocycles. The van der Waals surface area contributed by atoms with Gasteiger partial charge in [0.1, 0.15) is 5.70 Å². The lowest BCUT2D eigenvalue weighted by Gasteiger charge is -2.06. The van der Waals surface area contributed by atoms with Crippen LogP contribution in [0.4, 0.5) is 5.69 Å². The van der Waals surface area contributed by atoms with E-state index in [4.69, 9.17) is 5.73 Å². The maximum absolute atomic E-state index is 11.2. The van der Waals surface area contributed by atoms with Crippen molar-refractivity contribution in [3.63, 3.8) is 0 Å². The van der Waals surface area contributed by atoms with Gasteiger partial charge >= 0.3 is 0 Å². The number of azo groups is 1. The fourth-order valence-corrected chi connectivity index (χ4v) is 1.15. The van der Waals surface area contributed by atoms with Crippen LogP contribution in [0, 0.1) is 0 Å². The Labute approximate surface area is 86.0 Å². The Morgan fingerprint density at radius 3 is 2.60 bits per heavy atom. The summed E-state index contributed by atoms with van der Waals surface area (Å²) in [6.07, 6.45) is 0. The first-order chi connectivity index (χ1) is 7.18. The van der Waals surface area contributed by atoms with E-state index in [9.17, 15) is 4.79 Å². The van der Waals surface area contributed by atoms with Crippen LogP contribution in [0.15, 0.2) is 51.8 Å². The molecule has 5 heteroatoms. The van der Waals surface area contributed by atoms with E-state index in [2.05, 4.69) is 21.8 Å². The second kappa shape index (κ2) is 3.45. The Balaban J connectivity index is 2.46. The van der Waals surface area contributed by atoms with Crippen molar-refractivity contribution in [3.05, 3.63) is 42.1 Å². The quantitative estimate of drug-likeness (QED) is 0.550. The number of carbonyl (C=O) groups excluding carboxylic acids is 1. The van der Waals surface area contributed by atoms with Crippen LogP contribution < -0.4 is 5.73 Å². The molecule has 0 radical (unpaired) electrons. The minimum absolute atomic E-state index is 0.0354. The predicted octanol–water partition coefficient (Wildman–Crippen LogP) is 1.52. The highest BCUT2D eigenvalue weighted by Crippen LogP contribution is 2.16. The number of carbonyl (C=O) groups is 1. The number of rotatable bonds is 1. The summed E-state index contributed by atoms with van der Waals surface area (Å²) >= 11 is 0. The average Bonchev–Trinajstić information content (AvgIpc) is 2.23. The number of hydrogen-bond donors (Lipinski definition) is 1. The molecule has 1 aliphatic rings. The Morgan fingerprint density at radius 1 is 1.20 bits per heavy atom. The molecule has 15 heavy (non-hydrogen) atoms. The zero-order valence-corrected chi connectivity index (χ0v) is 7.84. The zero-order chi connectivity index (χ0) is 10.8. The van der Waals surface area contributed by atoms with Crippen molar-refractivity contribution in [2.24, 2.45) is 15.2 Å². The van der Waals surface area contributed by atoms with Crippen LogP contribution in [0.2, 0.25) is 0 Å². The third-order valence-electron chi connectivity index (χ3n) is 1.92. The summed E-state index contributed by atoms with van der Waals surface area (Å²) in [5, 5.41) is 7.37. The number of amidine groups is 1. The van der Waals surface area contributed by atoms with Gasteiger partial charge in [-0.15, -0.1) is 10.2 Å². The third kappa shape index (κ3) is 1.67. The van der Waals surface area contributed by atoms with E-state index in [-0.39, 0.29) is 11.5 Å². The smallest absolute Gasteiger partial charge is 0.298 e. The molecule has 5 nitrogen and oxygen atoms in total. The van der Waals surface area contributed by atoms with Crippen LogP contribution in [-0.4, -0.2) is 11.7 Å². The van der Waals surface area contributed by atoms with Gasteiger partial charge in [0.25, 0.3) is 5.91 Å². The van der Waals surface area contributed by atoms with E-state index in [0.29, 0.717) is 11.3 Å². The van der Waals surface area contributed by atoms with E-state index >= 15 is 0 Å². The fraction of sp³-hybridized carbons (Fsp3) is 0. The number of hydrogen-bond acceptors (Lipinski definition) is 4. The maximum atomic E-state index is 11.2. The minimum Gasteiger partial charge on any atom is -0.398 e. The SMILES string of the molecule is C=C1N=NC(c2ccccc2N)=NC1=O. The third-order valence-corrected chi connectivity index (χ3v) is 1.92. The van der Waals surface area contributed by atoms with Crippen molar-refractivity contribution in [3.8, 4) is 0 Å². The summed E-state index contributed by atoms with van der Waals surface area (Å²) in [4.78, 5) is 14.9. The topological polar surface area (TPSA) is 80.2 Å².